The van der Waals surface area contributed by atoms with Crippen molar-refractivity contribution in [3.63, 3.8) is 0 Å². The van der Waals surface area contributed by atoms with Crippen LogP contribution in [0.2, 0.25) is 0 Å². The maximum atomic E-state index is 12.2. The summed E-state index contributed by atoms with van der Waals surface area (Å²) in [5, 5.41) is 5.86. The lowest BCUT2D eigenvalue weighted by Gasteiger charge is -2.11. The molecule has 0 fully saturated rings. The highest BCUT2D eigenvalue weighted by molar-refractivity contribution is 7.80. The van der Waals surface area contributed by atoms with Crippen molar-refractivity contribution < 1.29 is 13.9 Å². The van der Waals surface area contributed by atoms with Gasteiger partial charge in [-0.25, -0.2) is 4.98 Å². The first-order valence-corrected chi connectivity index (χ1v) is 11.0. The van der Waals surface area contributed by atoms with Crippen LogP contribution in [0.25, 0.3) is 11.1 Å². The topological polar surface area (TPSA) is 76.4 Å². The van der Waals surface area contributed by atoms with Crippen LogP contribution in [0, 0.1) is 20.8 Å². The molecule has 1 aromatic heterocycles. The summed E-state index contributed by atoms with van der Waals surface area (Å²) in [6, 6.07) is 19.5. The molecule has 0 aliphatic heterocycles. The Kier molecular flexibility index (Phi) is 6.70. The number of aryl methyl sites for hydroxylation is 3. The molecule has 0 spiro atoms. The summed E-state index contributed by atoms with van der Waals surface area (Å²) in [7, 11) is 0. The molecule has 168 valence electrons. The van der Waals surface area contributed by atoms with Crippen molar-refractivity contribution in [1.29, 1.82) is 0 Å². The number of aromatic nitrogens is 1. The van der Waals surface area contributed by atoms with Gasteiger partial charge in [-0.05, 0) is 91.6 Å². The predicted molar refractivity (Wildman–Crippen MR) is 134 cm³/mol. The van der Waals surface area contributed by atoms with Gasteiger partial charge in [-0.2, -0.15) is 0 Å². The third-order valence-corrected chi connectivity index (χ3v) is 5.18. The molecule has 0 unspecified atom stereocenters. The van der Waals surface area contributed by atoms with Crippen molar-refractivity contribution in [2.45, 2.75) is 27.2 Å². The van der Waals surface area contributed by atoms with Crippen molar-refractivity contribution in [3.05, 3.63) is 88.8 Å². The van der Waals surface area contributed by atoms with Gasteiger partial charge in [-0.15, -0.1) is 0 Å². The molecule has 6 nitrogen and oxygen atoms in total. The zero-order chi connectivity index (χ0) is 23.4. The van der Waals surface area contributed by atoms with Crippen molar-refractivity contribution in [3.8, 4) is 5.75 Å². The van der Waals surface area contributed by atoms with Gasteiger partial charge in [0.1, 0.15) is 11.3 Å². The quantitative estimate of drug-likeness (QED) is 0.384. The van der Waals surface area contributed by atoms with E-state index in [2.05, 4.69) is 15.6 Å². The molecule has 4 rings (SSSR count). The van der Waals surface area contributed by atoms with Crippen molar-refractivity contribution in [2.75, 3.05) is 11.9 Å². The number of thiocarbonyl (C=S) groups is 1. The molecule has 33 heavy (non-hydrogen) atoms. The van der Waals surface area contributed by atoms with Crippen LogP contribution in [0.15, 0.2) is 65.1 Å². The molecule has 0 saturated heterocycles. The van der Waals surface area contributed by atoms with E-state index in [-0.39, 0.29) is 17.6 Å². The maximum absolute atomic E-state index is 12.2. The number of hydrogen-bond donors (Lipinski definition) is 2. The zero-order valence-corrected chi connectivity index (χ0v) is 19.6. The second kappa shape index (κ2) is 9.83. The van der Waals surface area contributed by atoms with E-state index in [9.17, 15) is 4.79 Å². The molecular formula is C26H25N3O3S. The number of amides is 1. The maximum Gasteiger partial charge on any atom is 0.264 e. The first kappa shape index (κ1) is 22.5. The van der Waals surface area contributed by atoms with Crippen molar-refractivity contribution in [1.82, 2.24) is 10.3 Å². The smallest absolute Gasteiger partial charge is 0.264 e. The zero-order valence-electron chi connectivity index (χ0n) is 18.8. The minimum atomic E-state index is -0.325. The molecule has 1 amide bonds. The summed E-state index contributed by atoms with van der Waals surface area (Å²) in [4.78, 5) is 16.7. The number of rotatable bonds is 6. The molecule has 0 atom stereocenters. The van der Waals surface area contributed by atoms with Crippen LogP contribution in [0.1, 0.15) is 28.1 Å². The average molecular weight is 460 g/mol. The molecule has 0 saturated carbocycles. The van der Waals surface area contributed by atoms with E-state index >= 15 is 0 Å². The van der Waals surface area contributed by atoms with Gasteiger partial charge in [-0.3, -0.25) is 10.1 Å². The Balaban J connectivity index is 1.27. The number of fused-ring (bicyclic) bond motifs is 1. The van der Waals surface area contributed by atoms with Gasteiger partial charge in [0.25, 0.3) is 5.91 Å². The van der Waals surface area contributed by atoms with Crippen molar-refractivity contribution >= 4 is 40.0 Å². The lowest BCUT2D eigenvalue weighted by molar-refractivity contribution is -0.121. The number of nitrogens with one attached hydrogen (secondary N) is 2. The van der Waals surface area contributed by atoms with E-state index in [4.69, 9.17) is 21.4 Å². The molecule has 0 aliphatic carbocycles. The molecule has 0 radical (unpaired) electrons. The van der Waals surface area contributed by atoms with E-state index in [0.717, 1.165) is 39.0 Å². The minimum Gasteiger partial charge on any atom is -0.484 e. The summed E-state index contributed by atoms with van der Waals surface area (Å²) >= 11 is 5.25. The average Bonchev–Trinajstić information content (AvgIpc) is 3.14. The normalized spacial score (nSPS) is 10.8. The Morgan fingerprint density at radius 3 is 2.42 bits per heavy atom. The number of oxazole rings is 1. The molecule has 0 bridgehead atoms. The largest absolute Gasteiger partial charge is 0.484 e. The molecule has 0 aliphatic rings. The highest BCUT2D eigenvalue weighted by Gasteiger charge is 2.09. The van der Waals surface area contributed by atoms with Crippen LogP contribution in [0.3, 0.4) is 0 Å². The van der Waals surface area contributed by atoms with E-state index in [0.29, 0.717) is 18.1 Å². The van der Waals surface area contributed by atoms with E-state index in [1.807, 2.05) is 81.4 Å². The summed E-state index contributed by atoms with van der Waals surface area (Å²) in [6.07, 6.45) is 0.588. The van der Waals surface area contributed by atoms with Crippen LogP contribution in [-0.2, 0) is 11.2 Å². The number of nitrogens with zero attached hydrogens (tertiary/aromatic N) is 1. The SMILES string of the molecule is Cc1cc(C)cc(OCC(=O)NC(=S)Nc2ccc(Cc3nc4cc(C)ccc4o3)cc2)c1. The Bertz CT molecular complexity index is 1290. The number of carbonyl (C=O) groups is 1. The fraction of sp³-hybridized carbons (Fsp3) is 0.192. The lowest BCUT2D eigenvalue weighted by atomic mass is 10.1. The van der Waals surface area contributed by atoms with Gasteiger partial charge in [0.15, 0.2) is 23.2 Å². The number of anilines is 1. The van der Waals surface area contributed by atoms with Crippen molar-refractivity contribution in [2.24, 2.45) is 0 Å². The Hall–Kier alpha value is -3.71. The Labute approximate surface area is 198 Å². The van der Waals surface area contributed by atoms with Gasteiger partial charge in [0.2, 0.25) is 0 Å². The lowest BCUT2D eigenvalue weighted by Crippen LogP contribution is -2.37. The monoisotopic (exact) mass is 459 g/mol. The third-order valence-electron chi connectivity index (χ3n) is 4.97. The predicted octanol–water partition coefficient (Wildman–Crippen LogP) is 5.24. The summed E-state index contributed by atoms with van der Waals surface area (Å²) in [6.45, 7) is 5.88. The highest BCUT2D eigenvalue weighted by atomic mass is 32.1. The second-order valence-electron chi connectivity index (χ2n) is 8.07. The second-order valence-corrected chi connectivity index (χ2v) is 8.48. The molecule has 1 heterocycles. The third kappa shape index (κ3) is 6.17. The van der Waals surface area contributed by atoms with Crippen LogP contribution < -0.4 is 15.4 Å². The number of ether oxygens (including phenoxy) is 1. The van der Waals surface area contributed by atoms with Gasteiger partial charge >= 0.3 is 0 Å². The molecular weight excluding hydrogens is 434 g/mol. The Morgan fingerprint density at radius 1 is 0.970 bits per heavy atom. The Morgan fingerprint density at radius 2 is 1.70 bits per heavy atom. The fourth-order valence-corrected chi connectivity index (χ4v) is 3.76. The summed E-state index contributed by atoms with van der Waals surface area (Å²) < 4.78 is 11.4. The standard InChI is InChI=1S/C26H25N3O3S/c1-16-4-9-23-22(13-16)28-25(32-23)14-19-5-7-20(8-6-19)27-26(33)29-24(30)15-31-21-11-17(2)10-18(3)12-21/h4-13H,14-15H2,1-3H3,(H2,27,29,30,33). The van der Waals surface area contributed by atoms with Crippen LogP contribution in [-0.4, -0.2) is 22.6 Å². The molecule has 2 N–H and O–H groups in total. The number of carbonyl (C=O) groups excluding carboxylic acids is 1. The fourth-order valence-electron chi connectivity index (χ4n) is 3.53. The molecule has 4 aromatic rings. The van der Waals surface area contributed by atoms with Crippen LogP contribution >= 0.6 is 12.2 Å². The van der Waals surface area contributed by atoms with Gasteiger partial charge in [-0.1, -0.05) is 24.3 Å². The van der Waals surface area contributed by atoms with E-state index < -0.39 is 0 Å². The summed E-state index contributed by atoms with van der Waals surface area (Å²) in [5.41, 5.74) is 6.79. The van der Waals surface area contributed by atoms with Gasteiger partial charge < -0.3 is 14.5 Å². The molecule has 3 aromatic carbocycles. The van der Waals surface area contributed by atoms with E-state index in [1.165, 1.54) is 0 Å². The number of hydrogen-bond acceptors (Lipinski definition) is 5. The van der Waals surface area contributed by atoms with Gasteiger partial charge in [0, 0.05) is 12.1 Å². The number of benzene rings is 3. The first-order chi connectivity index (χ1) is 15.8. The summed E-state index contributed by atoms with van der Waals surface area (Å²) in [5.74, 6) is 1.00. The van der Waals surface area contributed by atoms with Crippen LogP contribution in [0.5, 0.6) is 5.75 Å². The first-order valence-electron chi connectivity index (χ1n) is 10.6. The van der Waals surface area contributed by atoms with Gasteiger partial charge in [0.05, 0.1) is 0 Å². The highest BCUT2D eigenvalue weighted by Crippen LogP contribution is 2.20. The van der Waals surface area contributed by atoms with Crippen LogP contribution in [0.4, 0.5) is 5.69 Å². The minimum absolute atomic E-state index is 0.117. The van der Waals surface area contributed by atoms with E-state index in [1.54, 1.807) is 0 Å². The molecule has 7 heteroatoms.